The molecule has 0 aliphatic heterocycles. The molecule has 0 aromatic heterocycles. The van der Waals surface area contributed by atoms with E-state index in [0.29, 0.717) is 16.5 Å². The molecule has 0 amide bonds. The fourth-order valence-electron chi connectivity index (χ4n) is 1.95. The van der Waals surface area contributed by atoms with Crippen LogP contribution in [0.1, 0.15) is 22.8 Å². The Morgan fingerprint density at radius 2 is 1.95 bits per heavy atom. The Morgan fingerprint density at radius 3 is 2.68 bits per heavy atom. The van der Waals surface area contributed by atoms with Crippen LogP contribution in [0.4, 0.5) is 0 Å². The van der Waals surface area contributed by atoms with E-state index in [-0.39, 0.29) is 0 Å². The highest BCUT2D eigenvalue weighted by molar-refractivity contribution is 9.10. The van der Waals surface area contributed by atoms with Gasteiger partial charge < -0.3 is 5.11 Å². The second-order valence-electron chi connectivity index (χ2n) is 4.43. The van der Waals surface area contributed by atoms with Crippen LogP contribution in [0, 0.1) is 6.92 Å². The highest BCUT2D eigenvalue weighted by Crippen LogP contribution is 2.31. The lowest BCUT2D eigenvalue weighted by Gasteiger charge is -2.15. The molecule has 0 saturated heterocycles. The molecule has 0 saturated carbocycles. The topological polar surface area (TPSA) is 20.2 Å². The minimum Gasteiger partial charge on any atom is -0.388 e. The lowest BCUT2D eigenvalue weighted by Crippen LogP contribution is -2.04. The molecule has 0 aliphatic carbocycles. The molecule has 100 valence electrons. The highest BCUT2D eigenvalue weighted by atomic mass is 79.9. The molecule has 0 fully saturated rings. The molecule has 1 N–H and O–H groups in total. The summed E-state index contributed by atoms with van der Waals surface area (Å²) in [4.78, 5) is 0. The van der Waals surface area contributed by atoms with Crippen LogP contribution in [0.25, 0.3) is 0 Å². The van der Waals surface area contributed by atoms with Crippen LogP contribution in [0.3, 0.4) is 0 Å². The van der Waals surface area contributed by atoms with Crippen molar-refractivity contribution in [3.63, 3.8) is 0 Å². The van der Waals surface area contributed by atoms with Gasteiger partial charge in [0, 0.05) is 20.9 Å². The molecular weight excluding hydrogens is 347 g/mol. The van der Waals surface area contributed by atoms with E-state index in [1.54, 1.807) is 18.2 Å². The van der Waals surface area contributed by atoms with E-state index >= 15 is 0 Å². The monoisotopic (exact) mass is 358 g/mol. The maximum atomic E-state index is 10.4. The van der Waals surface area contributed by atoms with Gasteiger partial charge in [-0.3, -0.25) is 0 Å². The molecule has 0 spiro atoms. The molecule has 0 radical (unpaired) electrons. The van der Waals surface area contributed by atoms with Gasteiger partial charge in [-0.15, -0.1) is 0 Å². The molecule has 19 heavy (non-hydrogen) atoms. The molecule has 2 aromatic carbocycles. The maximum Gasteiger partial charge on any atom is 0.0841 e. The van der Waals surface area contributed by atoms with Gasteiger partial charge in [-0.25, -0.2) is 0 Å². The van der Waals surface area contributed by atoms with Gasteiger partial charge in [-0.2, -0.15) is 0 Å². The van der Waals surface area contributed by atoms with E-state index in [2.05, 4.69) is 15.9 Å². The van der Waals surface area contributed by atoms with Crippen LogP contribution in [-0.2, 0) is 6.42 Å². The zero-order chi connectivity index (χ0) is 14.0. The number of aryl methyl sites for hydroxylation is 1. The Balaban J connectivity index is 2.28. The highest BCUT2D eigenvalue weighted by Gasteiger charge is 2.15. The maximum absolute atomic E-state index is 10.4. The van der Waals surface area contributed by atoms with Gasteiger partial charge >= 0.3 is 0 Å². The first kappa shape index (κ1) is 14.9. The predicted octanol–water partition coefficient (Wildman–Crippen LogP) is 5.34. The lowest BCUT2D eigenvalue weighted by atomic mass is 10.00. The summed E-state index contributed by atoms with van der Waals surface area (Å²) in [5.74, 6) is 0. The van der Waals surface area contributed by atoms with Crippen LogP contribution in [0.15, 0.2) is 40.9 Å². The molecule has 1 atom stereocenters. The zero-order valence-corrected chi connectivity index (χ0v) is 13.4. The number of rotatable bonds is 3. The summed E-state index contributed by atoms with van der Waals surface area (Å²) in [7, 11) is 0. The summed E-state index contributed by atoms with van der Waals surface area (Å²) in [6.45, 7) is 1.99. The number of aliphatic hydroxyl groups excluding tert-OH is 1. The smallest absolute Gasteiger partial charge is 0.0841 e. The molecule has 0 aliphatic rings. The van der Waals surface area contributed by atoms with Crippen molar-refractivity contribution >= 4 is 39.1 Å². The largest absolute Gasteiger partial charge is 0.388 e. The van der Waals surface area contributed by atoms with Gasteiger partial charge in [0.05, 0.1) is 6.10 Å². The Morgan fingerprint density at radius 1 is 1.21 bits per heavy atom. The molecule has 1 nitrogen and oxygen atoms in total. The van der Waals surface area contributed by atoms with Crippen molar-refractivity contribution in [3.05, 3.63) is 67.6 Å². The molecule has 2 rings (SSSR count). The minimum atomic E-state index is -0.620. The van der Waals surface area contributed by atoms with Crippen molar-refractivity contribution in [2.24, 2.45) is 0 Å². The minimum absolute atomic E-state index is 0.432. The number of hydrogen-bond acceptors (Lipinski definition) is 1. The molecule has 0 heterocycles. The van der Waals surface area contributed by atoms with E-state index < -0.39 is 6.10 Å². The van der Waals surface area contributed by atoms with Gasteiger partial charge in [0.15, 0.2) is 0 Å². The lowest BCUT2D eigenvalue weighted by molar-refractivity contribution is 0.177. The van der Waals surface area contributed by atoms with Crippen molar-refractivity contribution in [2.45, 2.75) is 19.4 Å². The Kier molecular flexibility index (Phi) is 4.91. The van der Waals surface area contributed by atoms with Gasteiger partial charge in [0.1, 0.15) is 0 Å². The third-order valence-electron chi connectivity index (χ3n) is 3.00. The van der Waals surface area contributed by atoms with Gasteiger partial charge in [-0.1, -0.05) is 57.3 Å². The standard InChI is InChI=1S/C15H13BrCl2O/c1-9-3-2-4-12(15(9)16)14(19)8-10-7-11(17)5-6-13(10)18/h2-7,14,19H,8H2,1H3. The third-order valence-corrected chi connectivity index (χ3v) is 4.69. The predicted molar refractivity (Wildman–Crippen MR) is 84.0 cm³/mol. The Labute approximate surface area is 131 Å². The average molecular weight is 360 g/mol. The summed E-state index contributed by atoms with van der Waals surface area (Å²) in [5, 5.41) is 11.6. The van der Waals surface area contributed by atoms with Gasteiger partial charge in [-0.05, 0) is 41.8 Å². The summed E-state index contributed by atoms with van der Waals surface area (Å²) in [5.41, 5.74) is 2.79. The first-order chi connectivity index (χ1) is 8.99. The van der Waals surface area contributed by atoms with E-state index in [1.165, 1.54) is 0 Å². The van der Waals surface area contributed by atoms with Crippen molar-refractivity contribution in [2.75, 3.05) is 0 Å². The molecule has 0 bridgehead atoms. The van der Waals surface area contributed by atoms with Gasteiger partial charge in [0.2, 0.25) is 0 Å². The molecule has 4 heteroatoms. The fourth-order valence-corrected chi connectivity index (χ4v) is 2.86. The number of aliphatic hydroxyl groups is 1. The van der Waals surface area contributed by atoms with Crippen LogP contribution in [0.2, 0.25) is 10.0 Å². The van der Waals surface area contributed by atoms with E-state index in [0.717, 1.165) is 21.2 Å². The third kappa shape index (κ3) is 3.51. The summed E-state index contributed by atoms with van der Waals surface area (Å²) in [6, 6.07) is 11.1. The fraction of sp³-hybridized carbons (Fsp3) is 0.200. The van der Waals surface area contributed by atoms with E-state index in [1.807, 2.05) is 25.1 Å². The molecule has 1 unspecified atom stereocenters. The molecular formula is C15H13BrCl2O. The number of benzene rings is 2. The second-order valence-corrected chi connectivity index (χ2v) is 6.07. The van der Waals surface area contributed by atoms with E-state index in [4.69, 9.17) is 23.2 Å². The van der Waals surface area contributed by atoms with Crippen molar-refractivity contribution in [1.29, 1.82) is 0 Å². The number of halogens is 3. The first-order valence-electron chi connectivity index (χ1n) is 5.86. The first-order valence-corrected chi connectivity index (χ1v) is 7.41. The Bertz CT molecular complexity index is 599. The van der Waals surface area contributed by atoms with Gasteiger partial charge in [0.25, 0.3) is 0 Å². The second kappa shape index (κ2) is 6.27. The molecule has 2 aromatic rings. The summed E-state index contributed by atoms with van der Waals surface area (Å²) in [6.07, 6.45) is -0.188. The van der Waals surface area contributed by atoms with Crippen LogP contribution in [0.5, 0.6) is 0 Å². The van der Waals surface area contributed by atoms with Crippen molar-refractivity contribution in [3.8, 4) is 0 Å². The SMILES string of the molecule is Cc1cccc(C(O)Cc2cc(Cl)ccc2Cl)c1Br. The summed E-state index contributed by atoms with van der Waals surface area (Å²) >= 11 is 15.6. The number of hydrogen-bond donors (Lipinski definition) is 1. The van der Waals surface area contributed by atoms with Crippen LogP contribution >= 0.6 is 39.1 Å². The van der Waals surface area contributed by atoms with E-state index in [9.17, 15) is 5.11 Å². The normalized spacial score (nSPS) is 12.5. The zero-order valence-electron chi connectivity index (χ0n) is 10.3. The van der Waals surface area contributed by atoms with Crippen LogP contribution in [-0.4, -0.2) is 5.11 Å². The average Bonchev–Trinajstić information content (AvgIpc) is 2.37. The Hall–Kier alpha value is -0.540. The summed E-state index contributed by atoms with van der Waals surface area (Å²) < 4.78 is 0.931. The quantitative estimate of drug-likeness (QED) is 0.784. The van der Waals surface area contributed by atoms with Crippen molar-refractivity contribution in [1.82, 2.24) is 0 Å². The van der Waals surface area contributed by atoms with Crippen LogP contribution < -0.4 is 0 Å². The van der Waals surface area contributed by atoms with Crippen molar-refractivity contribution < 1.29 is 5.11 Å².